The van der Waals surface area contributed by atoms with E-state index in [1.54, 1.807) is 6.33 Å². The first-order valence-corrected chi connectivity index (χ1v) is 12.5. The maximum Gasteiger partial charge on any atom is 0.323 e. The van der Waals surface area contributed by atoms with E-state index in [-0.39, 0.29) is 12.1 Å². The van der Waals surface area contributed by atoms with Crippen molar-refractivity contribution in [2.24, 2.45) is 5.92 Å². The van der Waals surface area contributed by atoms with Crippen LogP contribution < -0.4 is 15.4 Å². The van der Waals surface area contributed by atoms with Gasteiger partial charge in [-0.3, -0.25) is 0 Å². The van der Waals surface area contributed by atoms with Crippen molar-refractivity contribution in [3.05, 3.63) is 120 Å². The van der Waals surface area contributed by atoms with Crippen LogP contribution in [0.2, 0.25) is 0 Å². The molecule has 5 rings (SSSR count). The van der Waals surface area contributed by atoms with Gasteiger partial charge in [0.15, 0.2) is 0 Å². The number of carbonyl (C=O) groups excluding carboxylic acids is 1. The Balaban J connectivity index is 1.38. The molecule has 0 bridgehead atoms. The molecule has 5 aromatic rings. The number of nitrogens with zero attached hydrogens (tertiary/aromatic N) is 1. The number of H-pyrrole nitrogens is 1. The summed E-state index contributed by atoms with van der Waals surface area (Å²) in [6, 6.07) is 31.5. The molecule has 6 nitrogen and oxygen atoms in total. The van der Waals surface area contributed by atoms with Gasteiger partial charge in [-0.05, 0) is 65.4 Å². The van der Waals surface area contributed by atoms with Crippen LogP contribution in [0.25, 0.3) is 11.0 Å². The van der Waals surface area contributed by atoms with Crippen LogP contribution in [0.5, 0.6) is 5.75 Å². The lowest BCUT2D eigenvalue weighted by Gasteiger charge is -2.23. The first-order valence-electron chi connectivity index (χ1n) is 12.5. The summed E-state index contributed by atoms with van der Waals surface area (Å²) in [6.45, 7) is 4.35. The number of nitrogens with one attached hydrogen (secondary N) is 3. The van der Waals surface area contributed by atoms with E-state index in [4.69, 9.17) is 4.74 Å². The average Bonchev–Trinajstić information content (AvgIpc) is 3.37. The molecule has 1 heterocycles. The van der Waals surface area contributed by atoms with Crippen molar-refractivity contribution in [2.45, 2.75) is 26.4 Å². The summed E-state index contributed by atoms with van der Waals surface area (Å²) in [6.07, 6.45) is 2.21. The van der Waals surface area contributed by atoms with Gasteiger partial charge >= 0.3 is 6.03 Å². The van der Waals surface area contributed by atoms with Gasteiger partial charge in [0.1, 0.15) is 11.9 Å². The fourth-order valence-electron chi connectivity index (χ4n) is 4.39. The van der Waals surface area contributed by atoms with Gasteiger partial charge < -0.3 is 20.4 Å². The SMILES string of the molecule is CC(C)Cc1cc(NC(=O)Nc2ccc3nc[nH]c3c2)ccc1OC(c1ccccc1)c1ccccc1. The Bertz CT molecular complexity index is 1440. The van der Waals surface area contributed by atoms with Gasteiger partial charge in [-0.2, -0.15) is 0 Å². The minimum absolute atomic E-state index is 0.243. The number of anilines is 2. The summed E-state index contributed by atoms with van der Waals surface area (Å²) in [5.41, 5.74) is 6.32. The number of urea groups is 1. The van der Waals surface area contributed by atoms with Gasteiger partial charge in [0, 0.05) is 11.4 Å². The molecule has 2 amide bonds. The topological polar surface area (TPSA) is 79.0 Å². The van der Waals surface area contributed by atoms with Crippen molar-refractivity contribution in [3.63, 3.8) is 0 Å². The third-order valence-corrected chi connectivity index (χ3v) is 6.07. The van der Waals surface area contributed by atoms with Gasteiger partial charge in [-0.1, -0.05) is 74.5 Å². The highest BCUT2D eigenvalue weighted by molar-refractivity contribution is 6.00. The number of imidazole rings is 1. The van der Waals surface area contributed by atoms with E-state index in [1.807, 2.05) is 72.8 Å². The molecular formula is C31H30N4O2. The van der Waals surface area contributed by atoms with Gasteiger partial charge in [0.2, 0.25) is 0 Å². The number of carbonyl (C=O) groups is 1. The summed E-state index contributed by atoms with van der Waals surface area (Å²) in [4.78, 5) is 20.0. The first-order chi connectivity index (χ1) is 18.0. The smallest absolute Gasteiger partial charge is 0.323 e. The molecule has 0 fully saturated rings. The van der Waals surface area contributed by atoms with E-state index in [2.05, 4.69) is 58.7 Å². The summed E-state index contributed by atoms with van der Waals surface area (Å²) < 4.78 is 6.67. The molecule has 0 aliphatic rings. The molecule has 4 aromatic carbocycles. The van der Waals surface area contributed by atoms with E-state index in [1.165, 1.54) is 0 Å². The third kappa shape index (κ3) is 5.98. The predicted molar refractivity (Wildman–Crippen MR) is 149 cm³/mol. The predicted octanol–water partition coefficient (Wildman–Crippen LogP) is 7.57. The van der Waals surface area contributed by atoms with Gasteiger partial charge in [0.05, 0.1) is 17.4 Å². The zero-order chi connectivity index (χ0) is 25.6. The van der Waals surface area contributed by atoms with Gasteiger partial charge in [0.25, 0.3) is 0 Å². The van der Waals surface area contributed by atoms with Crippen molar-refractivity contribution < 1.29 is 9.53 Å². The zero-order valence-corrected chi connectivity index (χ0v) is 20.9. The second-order valence-electron chi connectivity index (χ2n) is 9.45. The molecule has 0 radical (unpaired) electrons. The van der Waals surface area contributed by atoms with Crippen LogP contribution in [0.15, 0.2) is 103 Å². The molecule has 0 saturated carbocycles. The van der Waals surface area contributed by atoms with Gasteiger partial charge in [-0.15, -0.1) is 0 Å². The van der Waals surface area contributed by atoms with Crippen LogP contribution in [0.4, 0.5) is 16.2 Å². The lowest BCUT2D eigenvalue weighted by molar-refractivity contribution is 0.244. The number of amides is 2. The molecule has 0 spiro atoms. The molecule has 1 aromatic heterocycles. The zero-order valence-electron chi connectivity index (χ0n) is 20.9. The average molecular weight is 491 g/mol. The van der Waals surface area contributed by atoms with Crippen molar-refractivity contribution in [3.8, 4) is 5.75 Å². The molecule has 37 heavy (non-hydrogen) atoms. The molecule has 6 heteroatoms. The van der Waals surface area contributed by atoms with E-state index < -0.39 is 0 Å². The minimum atomic E-state index is -0.311. The lowest BCUT2D eigenvalue weighted by atomic mass is 9.99. The minimum Gasteiger partial charge on any atom is -0.481 e. The van der Waals surface area contributed by atoms with Crippen LogP contribution in [-0.2, 0) is 6.42 Å². The fraction of sp³-hybridized carbons (Fsp3) is 0.161. The van der Waals surface area contributed by atoms with Crippen molar-refractivity contribution in [1.82, 2.24) is 9.97 Å². The molecule has 0 atom stereocenters. The normalized spacial score (nSPS) is 11.1. The quantitative estimate of drug-likeness (QED) is 0.210. The highest BCUT2D eigenvalue weighted by atomic mass is 16.5. The Morgan fingerprint density at radius 2 is 1.46 bits per heavy atom. The number of benzene rings is 4. The standard InChI is InChI=1S/C31H30N4O2/c1-21(2)17-24-18-25(34-31(36)35-26-13-15-27-28(19-26)33-20-32-27)14-16-29(24)37-30(22-9-5-3-6-10-22)23-11-7-4-8-12-23/h3-16,18-21,30H,17H2,1-2H3,(H,32,33)(H2,34,35,36). The Kier molecular flexibility index (Phi) is 7.17. The van der Waals surface area contributed by atoms with Crippen molar-refractivity contribution in [1.29, 1.82) is 0 Å². The molecule has 3 N–H and O–H groups in total. The molecule has 0 saturated heterocycles. The second-order valence-corrected chi connectivity index (χ2v) is 9.45. The Labute approximate surface area is 216 Å². The van der Waals surface area contributed by atoms with E-state index >= 15 is 0 Å². The van der Waals surface area contributed by atoms with Crippen molar-refractivity contribution >= 4 is 28.4 Å². The molecule has 186 valence electrons. The van der Waals surface area contributed by atoms with E-state index in [9.17, 15) is 4.79 Å². The van der Waals surface area contributed by atoms with Gasteiger partial charge in [-0.25, -0.2) is 9.78 Å². The van der Waals surface area contributed by atoms with E-state index in [0.29, 0.717) is 17.3 Å². The molecule has 0 unspecified atom stereocenters. The number of fused-ring (bicyclic) bond motifs is 1. The molecular weight excluding hydrogens is 460 g/mol. The van der Waals surface area contributed by atoms with Crippen molar-refractivity contribution in [2.75, 3.05) is 10.6 Å². The first kappa shape index (κ1) is 24.1. The van der Waals surface area contributed by atoms with Crippen LogP contribution in [0.3, 0.4) is 0 Å². The number of hydrogen-bond acceptors (Lipinski definition) is 3. The van der Waals surface area contributed by atoms with Crippen LogP contribution in [-0.4, -0.2) is 16.0 Å². The Morgan fingerprint density at radius 1 is 0.838 bits per heavy atom. The number of hydrogen-bond donors (Lipinski definition) is 3. The van der Waals surface area contributed by atoms with Crippen LogP contribution in [0.1, 0.15) is 36.6 Å². The summed E-state index contributed by atoms with van der Waals surface area (Å²) >= 11 is 0. The highest BCUT2D eigenvalue weighted by Gasteiger charge is 2.18. The second kappa shape index (κ2) is 11.0. The molecule has 0 aliphatic heterocycles. The monoisotopic (exact) mass is 490 g/mol. The Hall–Kier alpha value is -4.58. The summed E-state index contributed by atoms with van der Waals surface area (Å²) in [7, 11) is 0. The summed E-state index contributed by atoms with van der Waals surface area (Å²) in [5, 5.41) is 5.85. The maximum atomic E-state index is 12.7. The van der Waals surface area contributed by atoms with Crippen LogP contribution in [0, 0.1) is 5.92 Å². The lowest BCUT2D eigenvalue weighted by Crippen LogP contribution is -2.19. The fourth-order valence-corrected chi connectivity index (χ4v) is 4.39. The molecule has 0 aliphatic carbocycles. The number of rotatable bonds is 8. The van der Waals surface area contributed by atoms with E-state index in [0.717, 1.165) is 39.9 Å². The highest BCUT2D eigenvalue weighted by Crippen LogP contribution is 2.33. The number of aromatic nitrogens is 2. The third-order valence-electron chi connectivity index (χ3n) is 6.07. The largest absolute Gasteiger partial charge is 0.481 e. The van der Waals surface area contributed by atoms with Crippen LogP contribution >= 0.6 is 0 Å². The number of aromatic amines is 1. The maximum absolute atomic E-state index is 12.7. The summed E-state index contributed by atoms with van der Waals surface area (Å²) in [5.74, 6) is 1.22. The Morgan fingerprint density at radius 3 is 2.11 bits per heavy atom. The number of ether oxygens (including phenoxy) is 1.